The van der Waals surface area contributed by atoms with Crippen LogP contribution in [0.4, 0.5) is 4.39 Å². The molecule has 0 aliphatic heterocycles. The molecule has 1 aromatic rings. The van der Waals surface area contributed by atoms with E-state index >= 15 is 0 Å². The standard InChI is InChI=1S/C6H9FN2S/c7-5(4-8)3-6-9-1-2-10-6/h1-2,5H,3-4,8H2. The Kier molecular flexibility index (Phi) is 2.77. The maximum Gasteiger partial charge on any atom is 0.119 e. The van der Waals surface area contributed by atoms with E-state index in [0.29, 0.717) is 6.42 Å². The summed E-state index contributed by atoms with van der Waals surface area (Å²) in [5.74, 6) is 0. The van der Waals surface area contributed by atoms with E-state index in [1.165, 1.54) is 11.3 Å². The first-order chi connectivity index (χ1) is 4.83. The molecule has 0 bridgehead atoms. The second kappa shape index (κ2) is 3.63. The molecule has 56 valence electrons. The molecule has 0 saturated carbocycles. The summed E-state index contributed by atoms with van der Waals surface area (Å²) in [4.78, 5) is 3.93. The zero-order valence-electron chi connectivity index (χ0n) is 5.46. The van der Waals surface area contributed by atoms with Crippen molar-refractivity contribution in [2.24, 2.45) is 5.73 Å². The SMILES string of the molecule is NCC(F)Cc1nccs1. The van der Waals surface area contributed by atoms with Crippen LogP contribution in [0.3, 0.4) is 0 Å². The Hall–Kier alpha value is -0.480. The van der Waals surface area contributed by atoms with Crippen molar-refractivity contribution in [2.45, 2.75) is 12.6 Å². The molecule has 0 saturated heterocycles. The summed E-state index contributed by atoms with van der Waals surface area (Å²) in [5, 5.41) is 2.65. The van der Waals surface area contributed by atoms with E-state index in [-0.39, 0.29) is 6.54 Å². The molecule has 2 nitrogen and oxygen atoms in total. The molecular formula is C6H9FN2S. The number of alkyl halides is 1. The van der Waals surface area contributed by atoms with Gasteiger partial charge in [-0.1, -0.05) is 0 Å². The van der Waals surface area contributed by atoms with E-state index in [1.807, 2.05) is 5.38 Å². The number of nitrogens with zero attached hydrogens (tertiary/aromatic N) is 1. The van der Waals surface area contributed by atoms with Crippen LogP contribution in [0.15, 0.2) is 11.6 Å². The Morgan fingerprint density at radius 2 is 2.60 bits per heavy atom. The summed E-state index contributed by atoms with van der Waals surface area (Å²) in [7, 11) is 0. The van der Waals surface area contributed by atoms with Gasteiger partial charge in [0.2, 0.25) is 0 Å². The molecule has 0 amide bonds. The highest BCUT2D eigenvalue weighted by Crippen LogP contribution is 2.07. The van der Waals surface area contributed by atoms with E-state index in [2.05, 4.69) is 4.98 Å². The van der Waals surface area contributed by atoms with E-state index in [0.717, 1.165) is 5.01 Å². The highest BCUT2D eigenvalue weighted by Gasteiger charge is 2.05. The van der Waals surface area contributed by atoms with Crippen molar-refractivity contribution in [1.82, 2.24) is 4.98 Å². The van der Waals surface area contributed by atoms with E-state index in [4.69, 9.17) is 5.73 Å². The maximum absolute atomic E-state index is 12.5. The normalized spacial score (nSPS) is 13.4. The molecule has 1 heterocycles. The average molecular weight is 160 g/mol. The Morgan fingerprint density at radius 1 is 1.80 bits per heavy atom. The van der Waals surface area contributed by atoms with Crippen molar-refractivity contribution >= 4 is 11.3 Å². The zero-order valence-corrected chi connectivity index (χ0v) is 6.27. The highest BCUT2D eigenvalue weighted by molar-refractivity contribution is 7.09. The van der Waals surface area contributed by atoms with Crippen molar-refractivity contribution in [2.75, 3.05) is 6.54 Å². The maximum atomic E-state index is 12.5. The Labute approximate surface area is 62.9 Å². The van der Waals surface area contributed by atoms with Gasteiger partial charge in [0.25, 0.3) is 0 Å². The van der Waals surface area contributed by atoms with Crippen molar-refractivity contribution < 1.29 is 4.39 Å². The third kappa shape index (κ3) is 2.04. The number of aromatic nitrogens is 1. The molecule has 1 unspecified atom stereocenters. The molecule has 10 heavy (non-hydrogen) atoms. The molecule has 0 fully saturated rings. The third-order valence-electron chi connectivity index (χ3n) is 1.14. The summed E-state index contributed by atoms with van der Waals surface area (Å²) in [6, 6.07) is 0. The van der Waals surface area contributed by atoms with Gasteiger partial charge in [0.05, 0.1) is 5.01 Å². The smallest absolute Gasteiger partial charge is 0.119 e. The first kappa shape index (κ1) is 7.63. The molecule has 0 aromatic carbocycles. The Balaban J connectivity index is 2.40. The lowest BCUT2D eigenvalue weighted by atomic mass is 10.3. The lowest BCUT2D eigenvalue weighted by Gasteiger charge is -1.99. The van der Waals surface area contributed by atoms with E-state index in [9.17, 15) is 4.39 Å². The zero-order chi connectivity index (χ0) is 7.40. The number of hydrogen-bond acceptors (Lipinski definition) is 3. The fourth-order valence-corrected chi connectivity index (χ4v) is 1.30. The summed E-state index contributed by atoms with van der Waals surface area (Å²) in [6.07, 6.45) is 1.09. The molecule has 4 heteroatoms. The Morgan fingerprint density at radius 3 is 3.10 bits per heavy atom. The van der Waals surface area contributed by atoms with Gasteiger partial charge in [0, 0.05) is 24.5 Å². The molecule has 1 rings (SSSR count). The van der Waals surface area contributed by atoms with Crippen LogP contribution in [-0.2, 0) is 6.42 Å². The summed E-state index contributed by atoms with van der Waals surface area (Å²) < 4.78 is 12.5. The lowest BCUT2D eigenvalue weighted by molar-refractivity contribution is 0.340. The topological polar surface area (TPSA) is 38.9 Å². The van der Waals surface area contributed by atoms with Gasteiger partial charge in [-0.15, -0.1) is 11.3 Å². The molecule has 2 N–H and O–H groups in total. The van der Waals surface area contributed by atoms with Crippen molar-refractivity contribution in [3.63, 3.8) is 0 Å². The van der Waals surface area contributed by atoms with Crippen LogP contribution in [0, 0.1) is 0 Å². The number of hydrogen-bond donors (Lipinski definition) is 1. The molecule has 0 aliphatic carbocycles. The van der Waals surface area contributed by atoms with Gasteiger partial charge in [0.15, 0.2) is 0 Å². The van der Waals surface area contributed by atoms with Gasteiger partial charge in [-0.3, -0.25) is 0 Å². The van der Waals surface area contributed by atoms with Crippen molar-refractivity contribution in [1.29, 1.82) is 0 Å². The summed E-state index contributed by atoms with van der Waals surface area (Å²) >= 11 is 1.46. The van der Waals surface area contributed by atoms with Gasteiger partial charge in [-0.2, -0.15) is 0 Å². The van der Waals surface area contributed by atoms with Crippen molar-refractivity contribution in [3.8, 4) is 0 Å². The largest absolute Gasteiger partial charge is 0.328 e. The molecule has 1 atom stereocenters. The van der Waals surface area contributed by atoms with Crippen molar-refractivity contribution in [3.05, 3.63) is 16.6 Å². The van der Waals surface area contributed by atoms with Crippen LogP contribution >= 0.6 is 11.3 Å². The van der Waals surface area contributed by atoms with E-state index < -0.39 is 6.17 Å². The second-order valence-corrected chi connectivity index (χ2v) is 2.94. The minimum Gasteiger partial charge on any atom is -0.328 e. The number of nitrogens with two attached hydrogens (primary N) is 1. The van der Waals surface area contributed by atoms with Crippen LogP contribution in [-0.4, -0.2) is 17.7 Å². The Bertz CT molecular complexity index is 176. The molecule has 0 spiro atoms. The fourth-order valence-electron chi connectivity index (χ4n) is 0.627. The summed E-state index contributed by atoms with van der Waals surface area (Å²) in [6.45, 7) is 0.0829. The van der Waals surface area contributed by atoms with Gasteiger partial charge >= 0.3 is 0 Å². The average Bonchev–Trinajstić information content (AvgIpc) is 2.40. The quantitative estimate of drug-likeness (QED) is 0.716. The van der Waals surface area contributed by atoms with Gasteiger partial charge < -0.3 is 5.73 Å². The minimum absolute atomic E-state index is 0.0829. The molecule has 1 aromatic heterocycles. The number of halogens is 1. The van der Waals surface area contributed by atoms with Gasteiger partial charge in [0.1, 0.15) is 6.17 Å². The fraction of sp³-hybridized carbons (Fsp3) is 0.500. The third-order valence-corrected chi connectivity index (χ3v) is 1.94. The number of rotatable bonds is 3. The predicted molar refractivity (Wildman–Crippen MR) is 39.8 cm³/mol. The van der Waals surface area contributed by atoms with Crippen LogP contribution in [0.5, 0.6) is 0 Å². The summed E-state index contributed by atoms with van der Waals surface area (Å²) in [5.41, 5.74) is 5.09. The first-order valence-corrected chi connectivity index (χ1v) is 3.93. The van der Waals surface area contributed by atoms with Crippen LogP contribution in [0.25, 0.3) is 0 Å². The van der Waals surface area contributed by atoms with Crippen LogP contribution < -0.4 is 5.73 Å². The predicted octanol–water partition coefficient (Wildman–Crippen LogP) is 0.982. The van der Waals surface area contributed by atoms with E-state index in [1.54, 1.807) is 6.20 Å². The monoisotopic (exact) mass is 160 g/mol. The molecular weight excluding hydrogens is 151 g/mol. The first-order valence-electron chi connectivity index (χ1n) is 3.05. The van der Waals surface area contributed by atoms with Crippen LogP contribution in [0.2, 0.25) is 0 Å². The highest BCUT2D eigenvalue weighted by atomic mass is 32.1. The van der Waals surface area contributed by atoms with Crippen LogP contribution in [0.1, 0.15) is 5.01 Å². The minimum atomic E-state index is -0.939. The molecule has 0 radical (unpaired) electrons. The van der Waals surface area contributed by atoms with Gasteiger partial charge in [-0.05, 0) is 0 Å². The lowest BCUT2D eigenvalue weighted by Crippen LogP contribution is -2.17. The number of thiazole rings is 1. The van der Waals surface area contributed by atoms with Gasteiger partial charge in [-0.25, -0.2) is 9.37 Å². The second-order valence-electron chi connectivity index (χ2n) is 1.96. The molecule has 0 aliphatic rings.